The summed E-state index contributed by atoms with van der Waals surface area (Å²) in [7, 11) is 0. The number of aryl methyl sites for hydroxylation is 1. The fourth-order valence-electron chi connectivity index (χ4n) is 2.50. The van der Waals surface area contributed by atoms with E-state index in [4.69, 9.17) is 11.6 Å². The zero-order chi connectivity index (χ0) is 15.5. The van der Waals surface area contributed by atoms with Crippen molar-refractivity contribution in [2.24, 2.45) is 0 Å². The Hall–Kier alpha value is -2.38. The number of rotatable bonds is 3. The van der Waals surface area contributed by atoms with Gasteiger partial charge in [0, 0.05) is 10.6 Å². The van der Waals surface area contributed by atoms with E-state index in [9.17, 15) is 4.79 Å². The van der Waals surface area contributed by atoms with Gasteiger partial charge in [-0.2, -0.15) is 0 Å². The molecule has 0 unspecified atom stereocenters. The molecule has 0 spiro atoms. The molecule has 0 bridgehead atoms. The monoisotopic (exact) mass is 306 g/mol. The van der Waals surface area contributed by atoms with Gasteiger partial charge in [-0.25, -0.2) is 0 Å². The number of halogens is 1. The van der Waals surface area contributed by atoms with Crippen LogP contribution in [0.1, 0.15) is 21.5 Å². The number of fused-ring (bicyclic) bond motifs is 1. The summed E-state index contributed by atoms with van der Waals surface area (Å²) in [5.41, 5.74) is 2.86. The van der Waals surface area contributed by atoms with Gasteiger partial charge in [-0.15, -0.1) is 0 Å². The molecule has 22 heavy (non-hydrogen) atoms. The molecule has 0 aliphatic rings. The van der Waals surface area contributed by atoms with E-state index in [-0.39, 0.29) is 5.78 Å². The molecule has 0 heterocycles. The molecule has 0 saturated heterocycles. The standard InChI is InChI=1S/C20H15ClO/c1-14-6-12-19(18-5-3-2-4-17(14)18)20(22)13-9-15-7-10-16(21)11-8-15/h2-13H,1H3/b13-9+. The number of ketones is 1. The van der Waals surface area contributed by atoms with Crippen LogP contribution in [0.2, 0.25) is 5.02 Å². The Morgan fingerprint density at radius 1 is 0.909 bits per heavy atom. The molecule has 2 heteroatoms. The third-order valence-electron chi connectivity index (χ3n) is 3.70. The highest BCUT2D eigenvalue weighted by atomic mass is 35.5. The summed E-state index contributed by atoms with van der Waals surface area (Å²) in [5.74, 6) is 0.00569. The Labute approximate surface area is 134 Å². The van der Waals surface area contributed by atoms with E-state index in [1.54, 1.807) is 6.08 Å². The van der Waals surface area contributed by atoms with E-state index in [2.05, 4.69) is 6.92 Å². The molecular formula is C20H15ClO. The van der Waals surface area contributed by atoms with Crippen LogP contribution in [0.5, 0.6) is 0 Å². The molecule has 0 aliphatic heterocycles. The van der Waals surface area contributed by atoms with Gasteiger partial charge in [-0.1, -0.05) is 66.2 Å². The molecule has 0 N–H and O–H groups in total. The number of carbonyl (C=O) groups is 1. The lowest BCUT2D eigenvalue weighted by molar-refractivity contribution is 0.104. The van der Waals surface area contributed by atoms with E-state index >= 15 is 0 Å². The van der Waals surface area contributed by atoms with Gasteiger partial charge >= 0.3 is 0 Å². The summed E-state index contributed by atoms with van der Waals surface area (Å²) in [6.07, 6.45) is 3.42. The molecule has 1 nitrogen and oxygen atoms in total. The Morgan fingerprint density at radius 2 is 1.59 bits per heavy atom. The lowest BCUT2D eigenvalue weighted by atomic mass is 9.97. The van der Waals surface area contributed by atoms with Crippen LogP contribution in [0.3, 0.4) is 0 Å². The lowest BCUT2D eigenvalue weighted by Gasteiger charge is -2.06. The summed E-state index contributed by atoms with van der Waals surface area (Å²) >= 11 is 5.86. The van der Waals surface area contributed by atoms with Gasteiger partial charge in [-0.05, 0) is 47.0 Å². The van der Waals surface area contributed by atoms with Crippen LogP contribution in [0, 0.1) is 6.92 Å². The minimum absolute atomic E-state index is 0.00569. The van der Waals surface area contributed by atoms with Crippen molar-refractivity contribution in [1.82, 2.24) is 0 Å². The summed E-state index contributed by atoms with van der Waals surface area (Å²) in [6, 6.07) is 19.3. The minimum Gasteiger partial charge on any atom is -0.289 e. The van der Waals surface area contributed by atoms with E-state index in [1.807, 2.05) is 66.7 Å². The molecule has 0 aromatic heterocycles. The largest absolute Gasteiger partial charge is 0.289 e. The zero-order valence-electron chi connectivity index (χ0n) is 12.2. The third kappa shape index (κ3) is 2.95. The van der Waals surface area contributed by atoms with Crippen molar-refractivity contribution in [3.05, 3.63) is 88.5 Å². The molecule has 0 aliphatic carbocycles. The first-order chi connectivity index (χ1) is 10.6. The van der Waals surface area contributed by atoms with Crippen LogP contribution in [0.25, 0.3) is 16.8 Å². The van der Waals surface area contributed by atoms with Gasteiger partial charge in [0.15, 0.2) is 5.78 Å². The number of hydrogen-bond donors (Lipinski definition) is 0. The average Bonchev–Trinajstić information content (AvgIpc) is 2.55. The average molecular weight is 307 g/mol. The van der Waals surface area contributed by atoms with Crippen molar-refractivity contribution in [1.29, 1.82) is 0 Å². The molecule has 3 rings (SSSR count). The maximum Gasteiger partial charge on any atom is 0.186 e. The van der Waals surface area contributed by atoms with E-state index in [0.717, 1.165) is 21.9 Å². The maximum atomic E-state index is 12.5. The highest BCUT2D eigenvalue weighted by molar-refractivity contribution is 6.30. The van der Waals surface area contributed by atoms with E-state index in [0.29, 0.717) is 5.02 Å². The second kappa shape index (κ2) is 6.17. The van der Waals surface area contributed by atoms with Crippen LogP contribution in [0.15, 0.2) is 66.7 Å². The van der Waals surface area contributed by atoms with Crippen LogP contribution in [-0.4, -0.2) is 5.78 Å². The van der Waals surface area contributed by atoms with Crippen molar-refractivity contribution in [2.75, 3.05) is 0 Å². The predicted molar refractivity (Wildman–Crippen MR) is 93.5 cm³/mol. The molecule has 0 atom stereocenters. The third-order valence-corrected chi connectivity index (χ3v) is 3.96. The number of hydrogen-bond acceptors (Lipinski definition) is 1. The van der Waals surface area contributed by atoms with Gasteiger partial charge in [0.2, 0.25) is 0 Å². The first-order valence-electron chi connectivity index (χ1n) is 7.11. The van der Waals surface area contributed by atoms with Gasteiger partial charge in [-0.3, -0.25) is 4.79 Å². The highest BCUT2D eigenvalue weighted by Crippen LogP contribution is 2.23. The molecule has 0 saturated carbocycles. The van der Waals surface area contributed by atoms with Crippen molar-refractivity contribution in [3.8, 4) is 0 Å². The first-order valence-corrected chi connectivity index (χ1v) is 7.49. The molecule has 0 fully saturated rings. The Morgan fingerprint density at radius 3 is 2.32 bits per heavy atom. The fraction of sp³-hybridized carbons (Fsp3) is 0.0500. The summed E-state index contributed by atoms with van der Waals surface area (Å²) < 4.78 is 0. The van der Waals surface area contributed by atoms with Crippen molar-refractivity contribution >= 4 is 34.2 Å². The van der Waals surface area contributed by atoms with Crippen molar-refractivity contribution in [3.63, 3.8) is 0 Å². The number of benzene rings is 3. The Bertz CT molecular complexity index is 861. The maximum absolute atomic E-state index is 12.5. The summed E-state index contributed by atoms with van der Waals surface area (Å²) in [5, 5.41) is 2.80. The van der Waals surface area contributed by atoms with E-state index < -0.39 is 0 Å². The Kier molecular flexibility index (Phi) is 4.08. The van der Waals surface area contributed by atoms with Gasteiger partial charge in [0.1, 0.15) is 0 Å². The van der Waals surface area contributed by atoms with Crippen LogP contribution in [-0.2, 0) is 0 Å². The van der Waals surface area contributed by atoms with Gasteiger partial charge in [0.05, 0.1) is 0 Å². The molecule has 0 radical (unpaired) electrons. The quantitative estimate of drug-likeness (QED) is 0.448. The summed E-state index contributed by atoms with van der Waals surface area (Å²) in [4.78, 5) is 12.5. The molecular weight excluding hydrogens is 292 g/mol. The minimum atomic E-state index is 0.00569. The van der Waals surface area contributed by atoms with Gasteiger partial charge < -0.3 is 0 Å². The highest BCUT2D eigenvalue weighted by Gasteiger charge is 2.08. The zero-order valence-corrected chi connectivity index (χ0v) is 13.0. The predicted octanol–water partition coefficient (Wildman–Crippen LogP) is 5.70. The van der Waals surface area contributed by atoms with Crippen LogP contribution < -0.4 is 0 Å². The smallest absolute Gasteiger partial charge is 0.186 e. The molecule has 3 aromatic carbocycles. The number of carbonyl (C=O) groups excluding carboxylic acids is 1. The second-order valence-electron chi connectivity index (χ2n) is 5.22. The van der Waals surface area contributed by atoms with Crippen molar-refractivity contribution < 1.29 is 4.79 Å². The summed E-state index contributed by atoms with van der Waals surface area (Å²) in [6.45, 7) is 2.06. The van der Waals surface area contributed by atoms with Crippen LogP contribution in [0.4, 0.5) is 0 Å². The Balaban J connectivity index is 1.96. The van der Waals surface area contributed by atoms with E-state index in [1.165, 1.54) is 5.56 Å². The van der Waals surface area contributed by atoms with Gasteiger partial charge in [0.25, 0.3) is 0 Å². The lowest BCUT2D eigenvalue weighted by Crippen LogP contribution is -1.96. The molecule has 3 aromatic rings. The SMILES string of the molecule is Cc1ccc(C(=O)/C=C/c2ccc(Cl)cc2)c2ccccc12. The second-order valence-corrected chi connectivity index (χ2v) is 5.66. The first kappa shape index (κ1) is 14.6. The molecule has 0 amide bonds. The fourth-order valence-corrected chi connectivity index (χ4v) is 2.63. The van der Waals surface area contributed by atoms with Crippen LogP contribution >= 0.6 is 11.6 Å². The topological polar surface area (TPSA) is 17.1 Å². The normalized spacial score (nSPS) is 11.2. The molecule has 108 valence electrons. The number of allylic oxidation sites excluding steroid dienone is 1. The van der Waals surface area contributed by atoms with Crippen molar-refractivity contribution in [2.45, 2.75) is 6.92 Å².